The number of esters is 1. The fraction of sp³-hybridized carbons (Fsp3) is 0.412. The van der Waals surface area contributed by atoms with Gasteiger partial charge >= 0.3 is 5.97 Å². The van der Waals surface area contributed by atoms with E-state index >= 15 is 0 Å². The molecule has 1 aromatic carbocycles. The van der Waals surface area contributed by atoms with Crippen LogP contribution >= 0.6 is 11.6 Å². The Bertz CT molecular complexity index is 598. The Morgan fingerprint density at radius 1 is 1.45 bits per heavy atom. The molecular formula is C17H20ClNO3. The highest BCUT2D eigenvalue weighted by Crippen LogP contribution is 2.23. The van der Waals surface area contributed by atoms with Crippen molar-refractivity contribution < 1.29 is 14.3 Å². The molecule has 5 heteroatoms. The van der Waals surface area contributed by atoms with E-state index in [-0.39, 0.29) is 17.8 Å². The smallest absolute Gasteiger partial charge is 0.307 e. The molecule has 0 heterocycles. The largest absolute Gasteiger partial charge is 0.453 e. The molecule has 0 unspecified atom stereocenters. The zero-order chi connectivity index (χ0) is 16.1. The summed E-state index contributed by atoms with van der Waals surface area (Å²) in [6, 6.07) is 5.27. The van der Waals surface area contributed by atoms with Gasteiger partial charge in [0.2, 0.25) is 0 Å². The summed E-state index contributed by atoms with van der Waals surface area (Å²) in [5, 5.41) is 3.31. The van der Waals surface area contributed by atoms with E-state index in [1.54, 1.807) is 25.1 Å². The first-order valence-corrected chi connectivity index (χ1v) is 7.77. The van der Waals surface area contributed by atoms with Crippen LogP contribution < -0.4 is 5.32 Å². The molecule has 0 bridgehead atoms. The number of rotatable bonds is 5. The maximum absolute atomic E-state index is 12.1. The minimum absolute atomic E-state index is 0.234. The van der Waals surface area contributed by atoms with Gasteiger partial charge in [0, 0.05) is 10.7 Å². The number of carbonyl (C=O) groups excluding carboxylic acids is 2. The molecule has 2 rings (SSSR count). The third-order valence-electron chi connectivity index (χ3n) is 3.74. The Kier molecular flexibility index (Phi) is 5.61. The summed E-state index contributed by atoms with van der Waals surface area (Å²) < 4.78 is 5.20. The SMILES string of the molecule is Cc1c(Cl)cccc1NC(=O)[C@H](C)OC(=O)C[C@@H]1C=CCC1. The summed E-state index contributed by atoms with van der Waals surface area (Å²) in [6.45, 7) is 3.39. The molecule has 0 saturated heterocycles. The van der Waals surface area contributed by atoms with Crippen molar-refractivity contribution >= 4 is 29.2 Å². The Morgan fingerprint density at radius 2 is 2.23 bits per heavy atom. The van der Waals surface area contributed by atoms with E-state index in [4.69, 9.17) is 16.3 Å². The third-order valence-corrected chi connectivity index (χ3v) is 4.15. The highest BCUT2D eigenvalue weighted by atomic mass is 35.5. The zero-order valence-corrected chi connectivity index (χ0v) is 13.5. The molecule has 1 N–H and O–H groups in total. The number of nitrogens with one attached hydrogen (secondary N) is 1. The Hall–Kier alpha value is -1.81. The average Bonchev–Trinajstić information content (AvgIpc) is 2.96. The second-order valence-corrected chi connectivity index (χ2v) is 5.91. The zero-order valence-electron chi connectivity index (χ0n) is 12.8. The molecule has 1 aliphatic carbocycles. The van der Waals surface area contributed by atoms with E-state index in [0.717, 1.165) is 18.4 Å². The Labute approximate surface area is 135 Å². The van der Waals surface area contributed by atoms with Crippen molar-refractivity contribution in [2.24, 2.45) is 5.92 Å². The lowest BCUT2D eigenvalue weighted by molar-refractivity contribution is -0.153. The maximum Gasteiger partial charge on any atom is 0.307 e. The molecule has 2 atom stereocenters. The lowest BCUT2D eigenvalue weighted by atomic mass is 10.1. The predicted octanol–water partition coefficient (Wildman–Crippen LogP) is 3.87. The molecule has 0 radical (unpaired) electrons. The van der Waals surface area contributed by atoms with Crippen molar-refractivity contribution in [3.05, 3.63) is 40.9 Å². The number of carbonyl (C=O) groups is 2. The van der Waals surface area contributed by atoms with E-state index < -0.39 is 6.10 Å². The first-order chi connectivity index (χ1) is 10.5. The number of amides is 1. The molecular weight excluding hydrogens is 302 g/mol. The van der Waals surface area contributed by atoms with Crippen molar-refractivity contribution in [2.75, 3.05) is 5.32 Å². The molecule has 0 aromatic heterocycles. The van der Waals surface area contributed by atoms with E-state index in [0.29, 0.717) is 17.1 Å². The number of hydrogen-bond donors (Lipinski definition) is 1. The summed E-state index contributed by atoms with van der Waals surface area (Å²) in [4.78, 5) is 23.9. The summed E-state index contributed by atoms with van der Waals surface area (Å²) in [5.74, 6) is -0.472. The summed E-state index contributed by atoms with van der Waals surface area (Å²) in [5.41, 5.74) is 1.41. The van der Waals surface area contributed by atoms with E-state index in [2.05, 4.69) is 11.4 Å². The molecule has 1 aromatic rings. The fourth-order valence-corrected chi connectivity index (χ4v) is 2.53. The minimum atomic E-state index is -0.837. The summed E-state index contributed by atoms with van der Waals surface area (Å²) in [6.07, 6.45) is 5.55. The van der Waals surface area contributed by atoms with Crippen molar-refractivity contribution in [1.82, 2.24) is 0 Å². The second kappa shape index (κ2) is 7.45. The molecule has 22 heavy (non-hydrogen) atoms. The fourth-order valence-electron chi connectivity index (χ4n) is 2.36. The van der Waals surface area contributed by atoms with E-state index in [1.807, 2.05) is 13.0 Å². The van der Waals surface area contributed by atoms with Crippen LogP contribution in [0.2, 0.25) is 5.02 Å². The van der Waals surface area contributed by atoms with Crippen molar-refractivity contribution in [3.8, 4) is 0 Å². The van der Waals surface area contributed by atoms with Crippen molar-refractivity contribution in [3.63, 3.8) is 0 Å². The normalized spacial score (nSPS) is 18.0. The first-order valence-electron chi connectivity index (χ1n) is 7.39. The Morgan fingerprint density at radius 3 is 2.91 bits per heavy atom. The number of halogens is 1. The van der Waals surface area contributed by atoms with Gasteiger partial charge in [0.15, 0.2) is 6.10 Å². The highest BCUT2D eigenvalue weighted by molar-refractivity contribution is 6.31. The van der Waals surface area contributed by atoms with Crippen LogP contribution in [0.3, 0.4) is 0 Å². The van der Waals surface area contributed by atoms with Crippen LogP contribution in [-0.2, 0) is 14.3 Å². The number of anilines is 1. The van der Waals surface area contributed by atoms with E-state index in [1.165, 1.54) is 0 Å². The Balaban J connectivity index is 1.87. The van der Waals surface area contributed by atoms with Crippen molar-refractivity contribution in [1.29, 1.82) is 0 Å². The standard InChI is InChI=1S/C17H20ClNO3/c1-11-14(18)8-5-9-15(11)19-17(21)12(2)22-16(20)10-13-6-3-4-7-13/h3,5-6,8-9,12-13H,4,7,10H2,1-2H3,(H,19,21)/t12-,13+/m0/s1. The summed E-state index contributed by atoms with van der Waals surface area (Å²) >= 11 is 6.01. The van der Waals surface area contributed by atoms with Gasteiger partial charge in [-0.3, -0.25) is 9.59 Å². The van der Waals surface area contributed by atoms with Crippen LogP contribution in [0, 0.1) is 12.8 Å². The molecule has 0 saturated carbocycles. The van der Waals surface area contributed by atoms with Gasteiger partial charge in [0.05, 0.1) is 6.42 Å². The van der Waals surface area contributed by atoms with Gasteiger partial charge in [0.1, 0.15) is 0 Å². The molecule has 0 aliphatic heterocycles. The lowest BCUT2D eigenvalue weighted by Crippen LogP contribution is -2.30. The summed E-state index contributed by atoms with van der Waals surface area (Å²) in [7, 11) is 0. The minimum Gasteiger partial charge on any atom is -0.453 e. The lowest BCUT2D eigenvalue weighted by Gasteiger charge is -2.16. The van der Waals surface area contributed by atoms with Crippen molar-refractivity contribution in [2.45, 2.75) is 39.2 Å². The van der Waals surface area contributed by atoms with Crippen LogP contribution in [0.15, 0.2) is 30.4 Å². The quantitative estimate of drug-likeness (QED) is 0.661. The predicted molar refractivity (Wildman–Crippen MR) is 86.9 cm³/mol. The first kappa shape index (κ1) is 16.6. The van der Waals surface area contributed by atoms with Crippen LogP contribution in [0.5, 0.6) is 0 Å². The van der Waals surface area contributed by atoms with Crippen LogP contribution in [0.4, 0.5) is 5.69 Å². The molecule has 1 amide bonds. The topological polar surface area (TPSA) is 55.4 Å². The van der Waals surface area contributed by atoms with Gasteiger partial charge in [-0.2, -0.15) is 0 Å². The van der Waals surface area contributed by atoms with Gasteiger partial charge < -0.3 is 10.1 Å². The van der Waals surface area contributed by atoms with E-state index in [9.17, 15) is 9.59 Å². The van der Waals surface area contributed by atoms with Gasteiger partial charge in [-0.05, 0) is 50.3 Å². The molecule has 0 spiro atoms. The number of hydrogen-bond acceptors (Lipinski definition) is 3. The maximum atomic E-state index is 12.1. The molecule has 4 nitrogen and oxygen atoms in total. The molecule has 0 fully saturated rings. The van der Waals surface area contributed by atoms with Crippen LogP contribution in [0.1, 0.15) is 31.7 Å². The molecule has 118 valence electrons. The number of allylic oxidation sites excluding steroid dienone is 2. The van der Waals surface area contributed by atoms with Gasteiger partial charge in [-0.25, -0.2) is 0 Å². The number of benzene rings is 1. The monoisotopic (exact) mass is 321 g/mol. The van der Waals surface area contributed by atoms with Gasteiger partial charge in [-0.1, -0.05) is 29.8 Å². The van der Waals surface area contributed by atoms with Crippen LogP contribution in [-0.4, -0.2) is 18.0 Å². The third kappa shape index (κ3) is 4.34. The van der Waals surface area contributed by atoms with Gasteiger partial charge in [0.25, 0.3) is 5.91 Å². The second-order valence-electron chi connectivity index (χ2n) is 5.50. The van der Waals surface area contributed by atoms with Gasteiger partial charge in [-0.15, -0.1) is 0 Å². The number of ether oxygens (including phenoxy) is 1. The highest BCUT2D eigenvalue weighted by Gasteiger charge is 2.21. The average molecular weight is 322 g/mol. The van der Waals surface area contributed by atoms with Crippen LogP contribution in [0.25, 0.3) is 0 Å². The molecule has 1 aliphatic rings.